The fourth-order valence-electron chi connectivity index (χ4n) is 0.696. The first-order chi connectivity index (χ1) is 4.66. The van der Waals surface area contributed by atoms with Crippen molar-refractivity contribution in [1.29, 1.82) is 0 Å². The van der Waals surface area contributed by atoms with Gasteiger partial charge in [0.2, 0.25) is 0 Å². The van der Waals surface area contributed by atoms with Crippen LogP contribution in [0.15, 0.2) is 17.1 Å². The molecule has 0 amide bonds. The van der Waals surface area contributed by atoms with Crippen molar-refractivity contribution in [3.63, 3.8) is 0 Å². The van der Waals surface area contributed by atoms with Crippen molar-refractivity contribution in [2.45, 2.75) is 11.4 Å². The average molecular weight is 198 g/mol. The Hall–Kier alpha value is 0.280. The maximum absolute atomic E-state index is 5.90. The summed E-state index contributed by atoms with van der Waals surface area (Å²) in [7, 11) is 0. The lowest BCUT2D eigenvalue weighted by Gasteiger charge is -2.20. The molecule has 1 unspecified atom stereocenters. The van der Waals surface area contributed by atoms with Crippen LogP contribution in [0.3, 0.4) is 0 Å². The zero-order valence-electron chi connectivity index (χ0n) is 5.15. The molecule has 0 saturated carbocycles. The van der Waals surface area contributed by atoms with Gasteiger partial charge in [-0.1, -0.05) is 29.3 Å². The van der Waals surface area contributed by atoms with E-state index in [1.54, 1.807) is 6.08 Å². The molecule has 4 heteroatoms. The molecule has 1 aliphatic heterocycles. The number of rotatable bonds is 1. The molecule has 1 rings (SSSR count). The number of dihydropyridines is 1. The number of aliphatic imine (C=N–C) groups is 1. The molecule has 0 aliphatic carbocycles. The third-order valence-corrected chi connectivity index (χ3v) is 2.36. The predicted octanol–water partition coefficient (Wildman–Crippen LogP) is 2.76. The Morgan fingerprint density at radius 3 is 2.80 bits per heavy atom. The van der Waals surface area contributed by atoms with Gasteiger partial charge in [-0.2, -0.15) is 0 Å². The molecule has 1 nitrogen and oxygen atoms in total. The van der Waals surface area contributed by atoms with Gasteiger partial charge in [-0.3, -0.25) is 0 Å². The maximum atomic E-state index is 5.90. The summed E-state index contributed by atoms with van der Waals surface area (Å²) < 4.78 is 0. The first-order valence-electron chi connectivity index (χ1n) is 2.83. The second-order valence-electron chi connectivity index (χ2n) is 2.09. The third-order valence-electron chi connectivity index (χ3n) is 1.20. The minimum atomic E-state index is -0.701. The number of nitrogens with zero attached hydrogens (tertiary/aromatic N) is 1. The van der Waals surface area contributed by atoms with E-state index in [4.69, 9.17) is 34.8 Å². The summed E-state index contributed by atoms with van der Waals surface area (Å²) in [6, 6.07) is 0. The van der Waals surface area contributed by atoms with E-state index >= 15 is 0 Å². The minimum Gasteiger partial charge on any atom is -0.249 e. The van der Waals surface area contributed by atoms with Gasteiger partial charge in [-0.25, -0.2) is 4.99 Å². The molecule has 0 aromatic rings. The van der Waals surface area contributed by atoms with Crippen molar-refractivity contribution >= 4 is 40.0 Å². The van der Waals surface area contributed by atoms with Gasteiger partial charge in [-0.15, -0.1) is 11.6 Å². The Morgan fingerprint density at radius 2 is 2.40 bits per heavy atom. The second-order valence-corrected chi connectivity index (χ2v) is 3.45. The predicted molar refractivity (Wildman–Crippen MR) is 46.3 cm³/mol. The van der Waals surface area contributed by atoms with Gasteiger partial charge in [0.15, 0.2) is 5.00 Å². The molecular formula is C6H6Cl3N. The van der Waals surface area contributed by atoms with Gasteiger partial charge in [0.25, 0.3) is 0 Å². The standard InChI is InChI=1S/C6H6Cl3N/c7-4-6(9)3-1-2-5(8)10-6/h1-2H,3-4H2. The zero-order chi connectivity index (χ0) is 7.61. The normalized spacial score (nSPS) is 32.1. The summed E-state index contributed by atoms with van der Waals surface area (Å²) in [5.74, 6) is 0.287. The van der Waals surface area contributed by atoms with Crippen LogP contribution in [-0.2, 0) is 0 Å². The van der Waals surface area contributed by atoms with Gasteiger partial charge in [-0.05, 0) is 6.08 Å². The van der Waals surface area contributed by atoms with E-state index in [1.165, 1.54) is 0 Å². The number of alkyl halides is 2. The van der Waals surface area contributed by atoms with Crippen LogP contribution in [0.25, 0.3) is 0 Å². The van der Waals surface area contributed by atoms with Gasteiger partial charge in [0, 0.05) is 6.42 Å². The first kappa shape index (κ1) is 8.38. The number of allylic oxidation sites excluding steroid dienone is 1. The fourth-order valence-corrected chi connectivity index (χ4v) is 1.34. The Morgan fingerprint density at radius 1 is 1.70 bits per heavy atom. The highest BCUT2D eigenvalue weighted by atomic mass is 35.5. The molecule has 0 aromatic heterocycles. The van der Waals surface area contributed by atoms with Crippen LogP contribution >= 0.6 is 34.8 Å². The van der Waals surface area contributed by atoms with Gasteiger partial charge in [0.05, 0.1) is 5.88 Å². The quantitative estimate of drug-likeness (QED) is 0.454. The highest BCUT2D eigenvalue weighted by Gasteiger charge is 2.25. The Kier molecular flexibility index (Phi) is 2.61. The number of hydrogen-bond donors (Lipinski definition) is 0. The van der Waals surface area contributed by atoms with E-state index in [1.807, 2.05) is 6.08 Å². The Balaban J connectivity index is 2.76. The third kappa shape index (κ3) is 1.88. The van der Waals surface area contributed by atoms with Crippen LogP contribution in [0.5, 0.6) is 0 Å². The van der Waals surface area contributed by atoms with Crippen LogP contribution in [-0.4, -0.2) is 16.0 Å². The summed E-state index contributed by atoms with van der Waals surface area (Å²) in [5.41, 5.74) is 0. The molecule has 0 fully saturated rings. The molecule has 0 N–H and O–H groups in total. The van der Waals surface area contributed by atoms with Gasteiger partial charge < -0.3 is 0 Å². The number of hydrogen-bond acceptors (Lipinski definition) is 1. The van der Waals surface area contributed by atoms with Crippen LogP contribution in [0, 0.1) is 0 Å². The Labute approximate surface area is 74.7 Å². The van der Waals surface area contributed by atoms with E-state index < -0.39 is 5.00 Å². The van der Waals surface area contributed by atoms with Crippen LogP contribution in [0.2, 0.25) is 0 Å². The summed E-state index contributed by atoms with van der Waals surface area (Å²) in [6.45, 7) is 0. The maximum Gasteiger partial charge on any atom is 0.152 e. The lowest BCUT2D eigenvalue weighted by Crippen LogP contribution is -2.22. The summed E-state index contributed by atoms with van der Waals surface area (Å²) in [6.07, 6.45) is 4.23. The van der Waals surface area contributed by atoms with E-state index in [0.717, 1.165) is 0 Å². The topological polar surface area (TPSA) is 12.4 Å². The smallest absolute Gasteiger partial charge is 0.152 e. The molecule has 0 aromatic carbocycles. The van der Waals surface area contributed by atoms with Crippen molar-refractivity contribution < 1.29 is 0 Å². The lowest BCUT2D eigenvalue weighted by molar-refractivity contribution is 0.681. The summed E-state index contributed by atoms with van der Waals surface area (Å²) in [4.78, 5) is 3.26. The van der Waals surface area contributed by atoms with Crippen LogP contribution < -0.4 is 0 Å². The lowest BCUT2D eigenvalue weighted by atomic mass is 10.2. The van der Waals surface area contributed by atoms with E-state index in [0.29, 0.717) is 11.6 Å². The SMILES string of the molecule is ClCC1(Cl)CC=CC(Cl)=N1. The second kappa shape index (κ2) is 3.12. The first-order valence-corrected chi connectivity index (χ1v) is 4.12. The molecule has 0 radical (unpaired) electrons. The van der Waals surface area contributed by atoms with Crippen LogP contribution in [0.4, 0.5) is 0 Å². The molecule has 0 spiro atoms. The average Bonchev–Trinajstić information content (AvgIpc) is 1.88. The molecule has 56 valence electrons. The highest BCUT2D eigenvalue weighted by molar-refractivity contribution is 6.68. The molecule has 1 atom stereocenters. The van der Waals surface area contributed by atoms with Crippen molar-refractivity contribution in [2.24, 2.45) is 4.99 Å². The largest absolute Gasteiger partial charge is 0.249 e. The van der Waals surface area contributed by atoms with Crippen molar-refractivity contribution in [3.8, 4) is 0 Å². The van der Waals surface area contributed by atoms with Gasteiger partial charge >= 0.3 is 0 Å². The van der Waals surface area contributed by atoms with Crippen LogP contribution in [0.1, 0.15) is 6.42 Å². The number of halogens is 3. The molecule has 10 heavy (non-hydrogen) atoms. The fraction of sp³-hybridized carbons (Fsp3) is 0.500. The summed E-state index contributed by atoms with van der Waals surface area (Å²) in [5, 5.41) is 0.418. The highest BCUT2D eigenvalue weighted by Crippen LogP contribution is 2.27. The monoisotopic (exact) mass is 197 g/mol. The molecular weight excluding hydrogens is 192 g/mol. The minimum absolute atomic E-state index is 0.287. The zero-order valence-corrected chi connectivity index (χ0v) is 7.42. The van der Waals surface area contributed by atoms with E-state index in [2.05, 4.69) is 4.99 Å². The van der Waals surface area contributed by atoms with Crippen molar-refractivity contribution in [3.05, 3.63) is 12.2 Å². The molecule has 0 saturated heterocycles. The van der Waals surface area contributed by atoms with Crippen molar-refractivity contribution in [2.75, 3.05) is 5.88 Å². The summed E-state index contributed by atoms with van der Waals surface area (Å²) >= 11 is 17.1. The van der Waals surface area contributed by atoms with E-state index in [-0.39, 0.29) is 5.88 Å². The molecule has 1 aliphatic rings. The molecule has 0 bridgehead atoms. The Bertz CT molecular complexity index is 187. The van der Waals surface area contributed by atoms with Gasteiger partial charge in [0.1, 0.15) is 5.17 Å². The molecule has 1 heterocycles. The van der Waals surface area contributed by atoms with Crippen molar-refractivity contribution in [1.82, 2.24) is 0 Å². The van der Waals surface area contributed by atoms with E-state index in [9.17, 15) is 0 Å².